The van der Waals surface area contributed by atoms with Gasteiger partial charge in [0.2, 0.25) is 6.43 Å². The molecule has 88 valence electrons. The van der Waals surface area contributed by atoms with Gasteiger partial charge in [-0.15, -0.1) is 0 Å². The Kier molecular flexibility index (Phi) is 4.48. The Bertz CT molecular complexity index is 211. The highest BCUT2D eigenvalue weighted by Crippen LogP contribution is 2.37. The summed E-state index contributed by atoms with van der Waals surface area (Å²) in [5.74, 6) is -1.56. The van der Waals surface area contributed by atoms with Crippen molar-refractivity contribution in [2.24, 2.45) is 17.8 Å². The molecule has 1 rings (SSSR count). The van der Waals surface area contributed by atoms with Crippen LogP contribution in [-0.2, 0) is 4.79 Å². The maximum Gasteiger partial charge on any atom is 0.303 e. The van der Waals surface area contributed by atoms with Crippen LogP contribution in [0.3, 0.4) is 0 Å². The molecular weight excluding hydrogens is 202 g/mol. The zero-order valence-corrected chi connectivity index (χ0v) is 8.96. The van der Waals surface area contributed by atoms with Gasteiger partial charge in [-0.1, -0.05) is 19.8 Å². The number of carbonyl (C=O) groups is 1. The number of alkyl halides is 2. The number of hydrogen-bond donors (Lipinski definition) is 1. The van der Waals surface area contributed by atoms with E-state index in [1.807, 2.05) is 0 Å². The van der Waals surface area contributed by atoms with Crippen LogP contribution in [0.15, 0.2) is 0 Å². The lowest BCUT2D eigenvalue weighted by Crippen LogP contribution is -2.28. The summed E-state index contributed by atoms with van der Waals surface area (Å²) in [6, 6.07) is 0. The Hall–Kier alpha value is -0.670. The second kappa shape index (κ2) is 5.42. The predicted molar refractivity (Wildman–Crippen MR) is 52.9 cm³/mol. The fraction of sp³-hybridized carbons (Fsp3) is 0.909. The van der Waals surface area contributed by atoms with Crippen molar-refractivity contribution in [2.75, 3.05) is 0 Å². The van der Waals surface area contributed by atoms with Crippen LogP contribution < -0.4 is 0 Å². The quantitative estimate of drug-likeness (QED) is 0.790. The van der Waals surface area contributed by atoms with E-state index in [0.717, 1.165) is 25.7 Å². The standard InChI is InChI=1S/C11H18F2O2/c1-7-2-4-8(5-3-7)9(11(12)13)6-10(14)15/h7-9,11H,2-6H2,1H3,(H,14,15). The fourth-order valence-electron chi connectivity index (χ4n) is 2.38. The van der Waals surface area contributed by atoms with E-state index in [0.29, 0.717) is 5.92 Å². The Morgan fingerprint density at radius 2 is 1.87 bits per heavy atom. The first kappa shape index (κ1) is 12.4. The Labute approximate surface area is 88.7 Å². The highest BCUT2D eigenvalue weighted by Gasteiger charge is 2.33. The summed E-state index contributed by atoms with van der Waals surface area (Å²) in [7, 11) is 0. The number of halogens is 2. The van der Waals surface area contributed by atoms with Crippen molar-refractivity contribution in [1.29, 1.82) is 0 Å². The van der Waals surface area contributed by atoms with Gasteiger partial charge < -0.3 is 5.11 Å². The molecule has 15 heavy (non-hydrogen) atoms. The number of hydrogen-bond acceptors (Lipinski definition) is 1. The topological polar surface area (TPSA) is 37.3 Å². The first-order valence-corrected chi connectivity index (χ1v) is 5.50. The third-order valence-corrected chi connectivity index (χ3v) is 3.40. The summed E-state index contributed by atoms with van der Waals surface area (Å²) in [6.45, 7) is 2.12. The molecule has 0 aliphatic heterocycles. The molecule has 1 fully saturated rings. The fourth-order valence-corrected chi connectivity index (χ4v) is 2.38. The average Bonchev–Trinajstić information content (AvgIpc) is 2.15. The molecule has 0 radical (unpaired) electrons. The van der Waals surface area contributed by atoms with Gasteiger partial charge in [0, 0.05) is 5.92 Å². The maximum absolute atomic E-state index is 12.7. The van der Waals surface area contributed by atoms with Gasteiger partial charge in [0.25, 0.3) is 0 Å². The SMILES string of the molecule is CC1CCC(C(CC(=O)O)C(F)F)CC1. The third-order valence-electron chi connectivity index (χ3n) is 3.40. The Morgan fingerprint density at radius 1 is 1.33 bits per heavy atom. The minimum atomic E-state index is -2.50. The molecule has 0 aromatic heterocycles. The molecule has 0 heterocycles. The van der Waals surface area contributed by atoms with Gasteiger partial charge in [-0.2, -0.15) is 0 Å². The number of rotatable bonds is 4. The summed E-state index contributed by atoms with van der Waals surface area (Å²) in [5, 5.41) is 8.58. The van der Waals surface area contributed by atoms with Crippen LogP contribution in [0.2, 0.25) is 0 Å². The van der Waals surface area contributed by atoms with Crippen molar-refractivity contribution in [3.63, 3.8) is 0 Å². The first-order valence-electron chi connectivity index (χ1n) is 5.50. The first-order chi connectivity index (χ1) is 7.00. The van der Waals surface area contributed by atoms with Crippen molar-refractivity contribution in [3.8, 4) is 0 Å². The van der Waals surface area contributed by atoms with Crippen LogP contribution in [0.1, 0.15) is 39.0 Å². The van der Waals surface area contributed by atoms with Crippen molar-refractivity contribution >= 4 is 5.97 Å². The second-order valence-electron chi connectivity index (χ2n) is 4.62. The van der Waals surface area contributed by atoms with E-state index in [1.165, 1.54) is 0 Å². The zero-order chi connectivity index (χ0) is 11.4. The molecule has 4 heteroatoms. The monoisotopic (exact) mass is 220 g/mol. The molecule has 2 nitrogen and oxygen atoms in total. The van der Waals surface area contributed by atoms with Crippen molar-refractivity contribution in [2.45, 2.75) is 45.5 Å². The number of carboxylic acid groups (broad SMARTS) is 1. The molecule has 1 unspecified atom stereocenters. The van der Waals surface area contributed by atoms with Crippen LogP contribution in [0.25, 0.3) is 0 Å². The average molecular weight is 220 g/mol. The van der Waals surface area contributed by atoms with E-state index < -0.39 is 24.7 Å². The van der Waals surface area contributed by atoms with Crippen LogP contribution in [0, 0.1) is 17.8 Å². The second-order valence-corrected chi connectivity index (χ2v) is 4.62. The minimum Gasteiger partial charge on any atom is -0.481 e. The zero-order valence-electron chi connectivity index (χ0n) is 8.96. The van der Waals surface area contributed by atoms with E-state index in [2.05, 4.69) is 6.92 Å². The number of aliphatic carboxylic acids is 1. The van der Waals surface area contributed by atoms with E-state index in [9.17, 15) is 13.6 Å². The normalized spacial score (nSPS) is 29.1. The van der Waals surface area contributed by atoms with E-state index in [4.69, 9.17) is 5.11 Å². The van der Waals surface area contributed by atoms with Crippen LogP contribution in [0.4, 0.5) is 8.78 Å². The molecule has 0 saturated heterocycles. The van der Waals surface area contributed by atoms with Gasteiger partial charge in [-0.05, 0) is 24.7 Å². The highest BCUT2D eigenvalue weighted by atomic mass is 19.3. The largest absolute Gasteiger partial charge is 0.481 e. The molecule has 0 aromatic carbocycles. The van der Waals surface area contributed by atoms with Gasteiger partial charge in [-0.25, -0.2) is 8.78 Å². The van der Waals surface area contributed by atoms with Crippen molar-refractivity contribution in [3.05, 3.63) is 0 Å². The van der Waals surface area contributed by atoms with Gasteiger partial charge in [-0.3, -0.25) is 4.79 Å². The molecule has 0 bridgehead atoms. The summed E-state index contributed by atoms with van der Waals surface area (Å²) < 4.78 is 25.4. The minimum absolute atomic E-state index is 0.0997. The Morgan fingerprint density at radius 3 is 2.27 bits per heavy atom. The molecule has 0 amide bonds. The summed E-state index contributed by atoms with van der Waals surface area (Å²) in [6.07, 6.45) is 0.518. The van der Waals surface area contributed by atoms with Gasteiger partial charge in [0.1, 0.15) is 0 Å². The summed E-state index contributed by atoms with van der Waals surface area (Å²) in [4.78, 5) is 10.5. The van der Waals surface area contributed by atoms with Gasteiger partial charge in [0.15, 0.2) is 0 Å². The lowest BCUT2D eigenvalue weighted by atomic mass is 9.75. The van der Waals surface area contributed by atoms with E-state index in [-0.39, 0.29) is 5.92 Å². The molecule has 0 aromatic rings. The Balaban J connectivity index is 2.52. The predicted octanol–water partition coefficient (Wildman–Crippen LogP) is 3.17. The molecular formula is C11H18F2O2. The highest BCUT2D eigenvalue weighted by molar-refractivity contribution is 5.67. The summed E-state index contributed by atoms with van der Waals surface area (Å²) >= 11 is 0. The van der Waals surface area contributed by atoms with Gasteiger partial charge >= 0.3 is 5.97 Å². The lowest BCUT2D eigenvalue weighted by Gasteiger charge is -2.31. The lowest BCUT2D eigenvalue weighted by molar-refractivity contribution is -0.140. The van der Waals surface area contributed by atoms with Crippen LogP contribution in [-0.4, -0.2) is 17.5 Å². The third kappa shape index (κ3) is 3.76. The summed E-state index contributed by atoms with van der Waals surface area (Å²) in [5.41, 5.74) is 0. The van der Waals surface area contributed by atoms with Crippen LogP contribution >= 0.6 is 0 Å². The number of carboxylic acids is 1. The van der Waals surface area contributed by atoms with Crippen LogP contribution in [0.5, 0.6) is 0 Å². The molecule has 1 aliphatic carbocycles. The molecule has 1 N–H and O–H groups in total. The van der Waals surface area contributed by atoms with Crippen molar-refractivity contribution in [1.82, 2.24) is 0 Å². The van der Waals surface area contributed by atoms with Gasteiger partial charge in [0.05, 0.1) is 6.42 Å². The van der Waals surface area contributed by atoms with Crippen molar-refractivity contribution < 1.29 is 18.7 Å². The molecule has 1 aliphatic rings. The smallest absolute Gasteiger partial charge is 0.303 e. The molecule has 1 atom stereocenters. The molecule has 0 spiro atoms. The maximum atomic E-state index is 12.7. The van der Waals surface area contributed by atoms with E-state index >= 15 is 0 Å². The molecule has 1 saturated carbocycles. The van der Waals surface area contributed by atoms with E-state index in [1.54, 1.807) is 0 Å².